The Balaban J connectivity index is 2.34. The minimum atomic E-state index is 0.112. The second-order valence-electron chi connectivity index (χ2n) is 2.22. The van der Waals surface area contributed by atoms with Crippen LogP contribution in [0.4, 0.5) is 0 Å². The Morgan fingerprint density at radius 2 is 2.55 bits per heavy atom. The summed E-state index contributed by atoms with van der Waals surface area (Å²) in [5, 5.41) is 7.03. The monoisotopic (exact) mass is 151 g/mol. The first-order valence-corrected chi connectivity index (χ1v) is 3.38. The van der Waals surface area contributed by atoms with Crippen LogP contribution in [0.25, 0.3) is 0 Å². The first-order valence-electron chi connectivity index (χ1n) is 3.38. The van der Waals surface area contributed by atoms with E-state index in [1.165, 1.54) is 0 Å². The Morgan fingerprint density at radius 3 is 3.09 bits per heavy atom. The van der Waals surface area contributed by atoms with E-state index in [9.17, 15) is 4.79 Å². The number of furan rings is 1. The number of rotatable bonds is 4. The van der Waals surface area contributed by atoms with Crippen molar-refractivity contribution in [1.82, 2.24) is 0 Å². The fraction of sp³-hybridized carbons (Fsp3) is 0.250. The molecule has 3 heteroatoms. The smallest absolute Gasteiger partial charge is 0.163 e. The van der Waals surface area contributed by atoms with Crippen LogP contribution in [0.1, 0.15) is 12.2 Å². The minimum Gasteiger partial charge on any atom is -0.469 e. The summed E-state index contributed by atoms with van der Waals surface area (Å²) >= 11 is 0. The normalized spacial score (nSPS) is 9.45. The summed E-state index contributed by atoms with van der Waals surface area (Å²) in [6, 6.07) is 3.62. The van der Waals surface area contributed by atoms with Gasteiger partial charge in [-0.15, -0.1) is 0 Å². The number of aldehydes is 1. The van der Waals surface area contributed by atoms with Gasteiger partial charge in [0.1, 0.15) is 5.76 Å². The molecule has 11 heavy (non-hydrogen) atoms. The van der Waals surface area contributed by atoms with Gasteiger partial charge in [0.25, 0.3) is 0 Å². The van der Waals surface area contributed by atoms with Crippen LogP contribution in [-0.4, -0.2) is 12.0 Å². The Labute approximate surface area is 64.5 Å². The molecule has 0 aliphatic rings. The van der Waals surface area contributed by atoms with E-state index < -0.39 is 0 Å². The molecule has 1 rings (SSSR count). The summed E-state index contributed by atoms with van der Waals surface area (Å²) in [7, 11) is 0. The van der Waals surface area contributed by atoms with E-state index >= 15 is 0 Å². The van der Waals surface area contributed by atoms with Crippen molar-refractivity contribution in [3.8, 4) is 0 Å². The van der Waals surface area contributed by atoms with Gasteiger partial charge in [0, 0.05) is 6.42 Å². The van der Waals surface area contributed by atoms with Crippen LogP contribution in [0.5, 0.6) is 0 Å². The quantitative estimate of drug-likeness (QED) is 0.522. The van der Waals surface area contributed by atoms with Crippen molar-refractivity contribution >= 4 is 12.0 Å². The highest BCUT2D eigenvalue weighted by Crippen LogP contribution is 2.02. The van der Waals surface area contributed by atoms with Crippen molar-refractivity contribution in [1.29, 1.82) is 5.41 Å². The third-order valence-electron chi connectivity index (χ3n) is 1.36. The lowest BCUT2D eigenvalue weighted by Gasteiger charge is -1.92. The number of carbonyl (C=O) groups excluding carboxylic acids is 1. The summed E-state index contributed by atoms with van der Waals surface area (Å²) in [6.07, 6.45) is 3.23. The van der Waals surface area contributed by atoms with E-state index in [-0.39, 0.29) is 5.71 Å². The Hall–Kier alpha value is -1.38. The number of hydrogen-bond acceptors (Lipinski definition) is 3. The van der Waals surface area contributed by atoms with Gasteiger partial charge in [-0.05, 0) is 18.6 Å². The Morgan fingerprint density at radius 1 is 1.73 bits per heavy atom. The molecule has 1 aromatic heterocycles. The van der Waals surface area contributed by atoms with Crippen LogP contribution >= 0.6 is 0 Å². The van der Waals surface area contributed by atoms with Crippen LogP contribution in [0.15, 0.2) is 22.8 Å². The van der Waals surface area contributed by atoms with Crippen molar-refractivity contribution in [3.63, 3.8) is 0 Å². The molecule has 0 aliphatic heterocycles. The molecule has 58 valence electrons. The first kappa shape index (κ1) is 7.72. The summed E-state index contributed by atoms with van der Waals surface area (Å²) in [4.78, 5) is 10.0. The van der Waals surface area contributed by atoms with E-state index in [0.717, 1.165) is 5.76 Å². The van der Waals surface area contributed by atoms with Gasteiger partial charge >= 0.3 is 0 Å². The zero-order chi connectivity index (χ0) is 8.10. The molecule has 0 bridgehead atoms. The average molecular weight is 151 g/mol. The fourth-order valence-electron chi connectivity index (χ4n) is 0.772. The van der Waals surface area contributed by atoms with Crippen LogP contribution in [0, 0.1) is 5.41 Å². The summed E-state index contributed by atoms with van der Waals surface area (Å²) in [5.74, 6) is 0.816. The molecule has 1 heterocycles. The number of nitrogens with one attached hydrogen (secondary N) is 1. The first-order chi connectivity index (χ1) is 5.33. The molecule has 0 radical (unpaired) electrons. The molecule has 3 nitrogen and oxygen atoms in total. The van der Waals surface area contributed by atoms with Crippen molar-refractivity contribution in [2.75, 3.05) is 0 Å². The number of carbonyl (C=O) groups is 1. The van der Waals surface area contributed by atoms with Gasteiger partial charge in [-0.25, -0.2) is 0 Å². The van der Waals surface area contributed by atoms with Crippen molar-refractivity contribution in [2.45, 2.75) is 12.8 Å². The van der Waals surface area contributed by atoms with E-state index in [4.69, 9.17) is 9.83 Å². The summed E-state index contributed by atoms with van der Waals surface area (Å²) < 4.78 is 5.02. The molecule has 0 unspecified atom stereocenters. The SMILES string of the molecule is N=C(C=O)CCc1ccco1. The number of aryl methyl sites for hydroxylation is 1. The fourth-order valence-corrected chi connectivity index (χ4v) is 0.772. The van der Waals surface area contributed by atoms with Crippen LogP contribution < -0.4 is 0 Å². The lowest BCUT2D eigenvalue weighted by atomic mass is 10.2. The zero-order valence-corrected chi connectivity index (χ0v) is 6.04. The zero-order valence-electron chi connectivity index (χ0n) is 6.04. The largest absolute Gasteiger partial charge is 0.469 e. The van der Waals surface area contributed by atoms with Gasteiger partial charge in [-0.1, -0.05) is 0 Å². The van der Waals surface area contributed by atoms with Gasteiger partial charge in [0.15, 0.2) is 6.29 Å². The van der Waals surface area contributed by atoms with Crippen LogP contribution in [-0.2, 0) is 11.2 Å². The molecular weight excluding hydrogens is 142 g/mol. The highest BCUT2D eigenvalue weighted by Gasteiger charge is 1.97. The van der Waals surface area contributed by atoms with E-state index in [2.05, 4.69) is 0 Å². The maximum atomic E-state index is 10.0. The molecule has 0 saturated carbocycles. The van der Waals surface area contributed by atoms with Crippen LogP contribution in [0.2, 0.25) is 0 Å². The molecule has 0 aromatic carbocycles. The van der Waals surface area contributed by atoms with Crippen molar-refractivity contribution in [2.24, 2.45) is 0 Å². The molecular formula is C8H9NO2. The topological polar surface area (TPSA) is 54.1 Å². The lowest BCUT2D eigenvalue weighted by Crippen LogP contribution is -1.98. The lowest BCUT2D eigenvalue weighted by molar-refractivity contribution is -0.102. The predicted molar refractivity (Wildman–Crippen MR) is 40.8 cm³/mol. The summed E-state index contributed by atoms with van der Waals surface area (Å²) in [5.41, 5.74) is 0.112. The molecule has 0 spiro atoms. The van der Waals surface area contributed by atoms with E-state index in [0.29, 0.717) is 19.1 Å². The molecule has 1 N–H and O–H groups in total. The van der Waals surface area contributed by atoms with E-state index in [1.54, 1.807) is 12.3 Å². The molecule has 1 aromatic rings. The molecule has 0 saturated heterocycles. The summed E-state index contributed by atoms with van der Waals surface area (Å²) in [6.45, 7) is 0. The van der Waals surface area contributed by atoms with Crippen LogP contribution in [0.3, 0.4) is 0 Å². The molecule has 0 amide bonds. The maximum Gasteiger partial charge on any atom is 0.163 e. The van der Waals surface area contributed by atoms with Gasteiger partial charge < -0.3 is 9.83 Å². The second kappa shape index (κ2) is 3.71. The maximum absolute atomic E-state index is 10.0. The van der Waals surface area contributed by atoms with Gasteiger partial charge in [0.2, 0.25) is 0 Å². The Bertz CT molecular complexity index is 239. The Kier molecular flexibility index (Phi) is 2.60. The van der Waals surface area contributed by atoms with E-state index in [1.807, 2.05) is 6.07 Å². The van der Waals surface area contributed by atoms with Crippen molar-refractivity contribution < 1.29 is 9.21 Å². The molecule has 0 aliphatic carbocycles. The van der Waals surface area contributed by atoms with Gasteiger partial charge in [0.05, 0.1) is 12.0 Å². The standard InChI is InChI=1S/C8H9NO2/c9-7(6-10)3-4-8-2-1-5-11-8/h1-2,5-6,9H,3-4H2. The molecule has 0 atom stereocenters. The second-order valence-corrected chi connectivity index (χ2v) is 2.22. The van der Waals surface area contributed by atoms with Crippen molar-refractivity contribution in [3.05, 3.63) is 24.2 Å². The highest BCUT2D eigenvalue weighted by atomic mass is 16.3. The molecule has 0 fully saturated rings. The van der Waals surface area contributed by atoms with Gasteiger partial charge in [-0.2, -0.15) is 0 Å². The predicted octanol–water partition coefficient (Wildman–Crippen LogP) is 1.43. The third-order valence-corrected chi connectivity index (χ3v) is 1.36. The number of hydrogen-bond donors (Lipinski definition) is 1. The minimum absolute atomic E-state index is 0.112. The average Bonchev–Trinajstić information content (AvgIpc) is 2.52. The third kappa shape index (κ3) is 2.37. The highest BCUT2D eigenvalue weighted by molar-refractivity contribution is 6.26. The van der Waals surface area contributed by atoms with Gasteiger partial charge in [-0.3, -0.25) is 4.79 Å².